The Labute approximate surface area is 175 Å². The predicted octanol–water partition coefficient (Wildman–Crippen LogP) is 3.10. The molecule has 1 heterocycles. The first-order valence-corrected chi connectivity index (χ1v) is 8.63. The molecule has 0 saturated carbocycles. The molecule has 5 nitrogen and oxygen atoms in total. The van der Waals surface area contributed by atoms with E-state index in [-0.39, 0.29) is 36.1 Å². The van der Waals surface area contributed by atoms with Gasteiger partial charge in [0.2, 0.25) is 0 Å². The Hall–Kier alpha value is -1.07. The number of nitrogens with zero attached hydrogens (tertiary/aromatic N) is 2. The molecule has 27 heavy (non-hydrogen) atoms. The molecular formula is C18H28F3IN4O. The average Bonchev–Trinajstić information content (AvgIpc) is 2.62. The summed E-state index contributed by atoms with van der Waals surface area (Å²) in [5.41, 5.74) is -0.115. The van der Waals surface area contributed by atoms with Crippen LogP contribution in [-0.2, 0) is 17.5 Å². The van der Waals surface area contributed by atoms with Gasteiger partial charge in [-0.05, 0) is 44.6 Å². The van der Waals surface area contributed by atoms with E-state index >= 15 is 0 Å². The molecule has 0 aromatic heterocycles. The highest BCUT2D eigenvalue weighted by Gasteiger charge is 2.35. The van der Waals surface area contributed by atoms with Crippen LogP contribution >= 0.6 is 24.0 Å². The van der Waals surface area contributed by atoms with Crippen molar-refractivity contribution < 1.29 is 17.9 Å². The second-order valence-corrected chi connectivity index (χ2v) is 6.71. The van der Waals surface area contributed by atoms with Gasteiger partial charge in [-0.25, -0.2) is 0 Å². The van der Waals surface area contributed by atoms with Gasteiger partial charge in [0, 0.05) is 38.9 Å². The lowest BCUT2D eigenvalue weighted by Gasteiger charge is -2.43. The highest BCUT2D eigenvalue weighted by molar-refractivity contribution is 14.0. The SMILES string of the molecule is CN=C(NCc1cccc(C(F)(F)F)c1)NCC1(N(C)C)CCOCC1.I. The van der Waals surface area contributed by atoms with Crippen LogP contribution in [0, 0.1) is 0 Å². The lowest BCUT2D eigenvalue weighted by Crippen LogP contribution is -2.57. The van der Waals surface area contributed by atoms with Crippen LogP contribution in [0.1, 0.15) is 24.0 Å². The number of hydrogen-bond acceptors (Lipinski definition) is 3. The standard InChI is InChI=1S/C18H27F3N4O.HI/c1-22-16(24-13-17(25(2)3)7-9-26-10-8-17)23-12-14-5-4-6-15(11-14)18(19,20)21;/h4-6,11H,7-10,12-13H2,1-3H3,(H2,22,23,24);1H. The molecule has 0 radical (unpaired) electrons. The van der Waals surface area contributed by atoms with E-state index in [0.29, 0.717) is 18.1 Å². The number of alkyl halides is 3. The molecular weight excluding hydrogens is 472 g/mol. The van der Waals surface area contributed by atoms with Crippen LogP contribution in [0.4, 0.5) is 13.2 Å². The molecule has 1 aromatic rings. The van der Waals surface area contributed by atoms with E-state index < -0.39 is 11.7 Å². The Morgan fingerprint density at radius 1 is 1.22 bits per heavy atom. The van der Waals surface area contributed by atoms with E-state index in [9.17, 15) is 13.2 Å². The topological polar surface area (TPSA) is 48.9 Å². The molecule has 0 atom stereocenters. The number of hydrogen-bond donors (Lipinski definition) is 2. The Bertz CT molecular complexity index is 617. The first-order chi connectivity index (χ1) is 12.3. The molecule has 0 spiro atoms. The van der Waals surface area contributed by atoms with Gasteiger partial charge >= 0.3 is 6.18 Å². The van der Waals surface area contributed by atoms with Crippen LogP contribution < -0.4 is 10.6 Å². The summed E-state index contributed by atoms with van der Waals surface area (Å²) < 4.78 is 43.9. The van der Waals surface area contributed by atoms with E-state index in [1.807, 2.05) is 14.1 Å². The van der Waals surface area contributed by atoms with Gasteiger partial charge in [-0.15, -0.1) is 24.0 Å². The highest BCUT2D eigenvalue weighted by atomic mass is 127. The minimum Gasteiger partial charge on any atom is -0.381 e. The quantitative estimate of drug-likeness (QED) is 0.371. The molecule has 154 valence electrons. The first kappa shape index (κ1) is 24.0. The third-order valence-electron chi connectivity index (χ3n) is 4.89. The molecule has 0 aliphatic carbocycles. The summed E-state index contributed by atoms with van der Waals surface area (Å²) >= 11 is 0. The second kappa shape index (κ2) is 10.5. The van der Waals surface area contributed by atoms with Crippen molar-refractivity contribution in [2.75, 3.05) is 40.9 Å². The zero-order chi connectivity index (χ0) is 19.2. The van der Waals surface area contributed by atoms with Crippen molar-refractivity contribution in [1.29, 1.82) is 0 Å². The molecule has 1 aromatic carbocycles. The normalized spacial score (nSPS) is 17.4. The number of benzene rings is 1. The lowest BCUT2D eigenvalue weighted by atomic mass is 9.88. The number of rotatable bonds is 5. The van der Waals surface area contributed by atoms with Crippen LogP contribution in [0.2, 0.25) is 0 Å². The molecule has 1 aliphatic heterocycles. The van der Waals surface area contributed by atoms with Gasteiger partial charge in [-0.1, -0.05) is 12.1 Å². The van der Waals surface area contributed by atoms with Crippen LogP contribution in [0.25, 0.3) is 0 Å². The fourth-order valence-electron chi connectivity index (χ4n) is 3.05. The number of likely N-dealkylation sites (N-methyl/N-ethyl adjacent to an activating group) is 1. The summed E-state index contributed by atoms with van der Waals surface area (Å²) in [7, 11) is 5.74. The maximum atomic E-state index is 12.8. The smallest absolute Gasteiger partial charge is 0.381 e. The molecule has 1 aliphatic rings. The Balaban J connectivity index is 0.00000364. The molecule has 1 saturated heterocycles. The van der Waals surface area contributed by atoms with Crippen molar-refractivity contribution in [1.82, 2.24) is 15.5 Å². The van der Waals surface area contributed by atoms with Crippen molar-refractivity contribution in [3.63, 3.8) is 0 Å². The zero-order valence-corrected chi connectivity index (χ0v) is 18.2. The summed E-state index contributed by atoms with van der Waals surface area (Å²) in [5.74, 6) is 0.565. The van der Waals surface area contributed by atoms with Gasteiger partial charge in [0.15, 0.2) is 5.96 Å². The van der Waals surface area contributed by atoms with E-state index in [1.54, 1.807) is 13.1 Å². The largest absolute Gasteiger partial charge is 0.416 e. The van der Waals surface area contributed by atoms with Crippen molar-refractivity contribution in [2.24, 2.45) is 4.99 Å². The number of ether oxygens (including phenoxy) is 1. The fourth-order valence-corrected chi connectivity index (χ4v) is 3.05. The minimum absolute atomic E-state index is 0. The van der Waals surface area contributed by atoms with E-state index in [1.165, 1.54) is 6.07 Å². The number of halogens is 4. The monoisotopic (exact) mass is 500 g/mol. The summed E-state index contributed by atoms with van der Waals surface area (Å²) in [6, 6.07) is 5.30. The van der Waals surface area contributed by atoms with E-state index in [4.69, 9.17) is 4.74 Å². The van der Waals surface area contributed by atoms with Gasteiger partial charge in [-0.2, -0.15) is 13.2 Å². The predicted molar refractivity (Wildman–Crippen MR) is 112 cm³/mol. The third-order valence-corrected chi connectivity index (χ3v) is 4.89. The molecule has 1 fully saturated rings. The Kier molecular flexibility index (Phi) is 9.29. The summed E-state index contributed by atoms with van der Waals surface area (Å²) in [6.07, 6.45) is -2.51. The zero-order valence-electron chi connectivity index (χ0n) is 15.9. The van der Waals surface area contributed by atoms with Crippen molar-refractivity contribution in [3.8, 4) is 0 Å². The van der Waals surface area contributed by atoms with E-state index in [0.717, 1.165) is 38.2 Å². The van der Waals surface area contributed by atoms with Gasteiger partial charge in [0.25, 0.3) is 0 Å². The Morgan fingerprint density at radius 2 is 1.89 bits per heavy atom. The third kappa shape index (κ3) is 6.79. The summed E-state index contributed by atoms with van der Waals surface area (Å²) in [4.78, 5) is 6.37. The molecule has 2 N–H and O–H groups in total. The van der Waals surface area contributed by atoms with E-state index in [2.05, 4.69) is 20.5 Å². The minimum atomic E-state index is -4.34. The van der Waals surface area contributed by atoms with Crippen LogP contribution in [0.3, 0.4) is 0 Å². The first-order valence-electron chi connectivity index (χ1n) is 8.63. The molecule has 0 amide bonds. The summed E-state index contributed by atoms with van der Waals surface area (Å²) in [5, 5.41) is 6.38. The van der Waals surface area contributed by atoms with Crippen molar-refractivity contribution in [2.45, 2.75) is 31.1 Å². The fraction of sp³-hybridized carbons (Fsp3) is 0.611. The lowest BCUT2D eigenvalue weighted by molar-refractivity contribution is -0.137. The van der Waals surface area contributed by atoms with Crippen molar-refractivity contribution >= 4 is 29.9 Å². The number of aliphatic imine (C=N–C) groups is 1. The molecule has 0 unspecified atom stereocenters. The van der Waals surface area contributed by atoms with Gasteiger partial charge in [0.05, 0.1) is 5.56 Å². The Morgan fingerprint density at radius 3 is 2.44 bits per heavy atom. The van der Waals surface area contributed by atoms with Crippen LogP contribution in [0.5, 0.6) is 0 Å². The van der Waals surface area contributed by atoms with Gasteiger partial charge < -0.3 is 20.3 Å². The summed E-state index contributed by atoms with van der Waals surface area (Å²) in [6.45, 7) is 2.39. The molecule has 2 rings (SSSR count). The number of nitrogens with one attached hydrogen (secondary N) is 2. The van der Waals surface area contributed by atoms with Crippen LogP contribution in [-0.4, -0.2) is 57.3 Å². The second-order valence-electron chi connectivity index (χ2n) is 6.71. The number of guanidine groups is 1. The van der Waals surface area contributed by atoms with Gasteiger partial charge in [-0.3, -0.25) is 4.99 Å². The maximum absolute atomic E-state index is 12.8. The van der Waals surface area contributed by atoms with Gasteiger partial charge in [0.1, 0.15) is 0 Å². The molecule has 0 bridgehead atoms. The maximum Gasteiger partial charge on any atom is 0.416 e. The van der Waals surface area contributed by atoms with Crippen LogP contribution in [0.15, 0.2) is 29.3 Å². The average molecular weight is 500 g/mol. The highest BCUT2D eigenvalue weighted by Crippen LogP contribution is 2.29. The molecule has 9 heteroatoms. The van der Waals surface area contributed by atoms with Crippen molar-refractivity contribution in [3.05, 3.63) is 35.4 Å².